The average molecular weight is 714 g/mol. The van der Waals surface area contributed by atoms with Crippen LogP contribution < -0.4 is 0 Å². The van der Waals surface area contributed by atoms with Gasteiger partial charge in [0.2, 0.25) is 0 Å². The van der Waals surface area contributed by atoms with Gasteiger partial charge in [-0.3, -0.25) is 0 Å². The van der Waals surface area contributed by atoms with Crippen LogP contribution in [0.5, 0.6) is 0 Å². The third-order valence-electron chi connectivity index (χ3n) is 12.0. The lowest BCUT2D eigenvalue weighted by Crippen LogP contribution is -1.95. The predicted octanol–water partition coefficient (Wildman–Crippen LogP) is 15.2. The standard InChI is InChI=1S/C54H35NO/c1-32-23-33(2)25-40(24-32)55-51-14-8-7-13-44(51)48-30-46-42-12-6-5-11-41(42)45-27-37(17-20-43(45)47(46)31-52(48)55)39-19-22-54-50(29-39)49-28-38(18-21-53(49)56-54)36-16-15-34-9-3-4-10-35(34)26-36/h3-31H,1-2H3. The maximum absolute atomic E-state index is 6.39. The van der Waals surface area contributed by atoms with Gasteiger partial charge in [-0.2, -0.15) is 0 Å². The first-order valence-electron chi connectivity index (χ1n) is 19.4. The van der Waals surface area contributed by atoms with E-state index in [2.05, 4.69) is 194 Å². The highest BCUT2D eigenvalue weighted by molar-refractivity contribution is 6.29. The molecule has 0 saturated heterocycles. The molecule has 0 N–H and O–H groups in total. The molecule has 12 aromatic rings. The zero-order valence-corrected chi connectivity index (χ0v) is 31.1. The summed E-state index contributed by atoms with van der Waals surface area (Å²) >= 11 is 0. The van der Waals surface area contributed by atoms with Crippen molar-refractivity contribution in [1.82, 2.24) is 4.57 Å². The molecule has 0 unspecified atom stereocenters. The largest absolute Gasteiger partial charge is 0.456 e. The number of para-hydroxylation sites is 1. The van der Waals surface area contributed by atoms with E-state index >= 15 is 0 Å². The smallest absolute Gasteiger partial charge is 0.135 e. The van der Waals surface area contributed by atoms with Crippen molar-refractivity contribution in [2.75, 3.05) is 0 Å². The summed E-state index contributed by atoms with van der Waals surface area (Å²) in [7, 11) is 0. The Kier molecular flexibility index (Phi) is 6.50. The summed E-state index contributed by atoms with van der Waals surface area (Å²) in [6.45, 7) is 4.38. The SMILES string of the molecule is Cc1cc(C)cc(-n2c3ccccc3c3cc4c5ccccc5c5cc(-c6ccc7oc8ccc(-c9ccc%10ccccc%10c9)cc8c7c6)ccc5c4cc32)c1. The molecule has 12 rings (SSSR count). The van der Waals surface area contributed by atoms with Crippen molar-refractivity contribution in [2.45, 2.75) is 13.8 Å². The fraction of sp³-hybridized carbons (Fsp3) is 0.0370. The summed E-state index contributed by atoms with van der Waals surface area (Å²) in [6.07, 6.45) is 0. The van der Waals surface area contributed by atoms with Crippen molar-refractivity contribution in [3.8, 4) is 27.9 Å². The maximum Gasteiger partial charge on any atom is 0.135 e. The number of nitrogens with zero attached hydrogens (tertiary/aromatic N) is 1. The number of hydrogen-bond donors (Lipinski definition) is 0. The molecule has 10 aromatic carbocycles. The molecule has 0 saturated carbocycles. The average Bonchev–Trinajstić information content (AvgIpc) is 3.77. The van der Waals surface area contributed by atoms with Gasteiger partial charge >= 0.3 is 0 Å². The first kappa shape index (κ1) is 31.2. The molecule has 262 valence electrons. The van der Waals surface area contributed by atoms with Crippen molar-refractivity contribution in [2.24, 2.45) is 0 Å². The van der Waals surface area contributed by atoms with E-state index in [-0.39, 0.29) is 0 Å². The molecule has 0 radical (unpaired) electrons. The van der Waals surface area contributed by atoms with Gasteiger partial charge in [-0.05, 0) is 157 Å². The third kappa shape index (κ3) is 4.63. The number of aryl methyl sites for hydroxylation is 2. The second-order valence-corrected chi connectivity index (χ2v) is 15.5. The van der Waals surface area contributed by atoms with Crippen LogP contribution in [0.25, 0.3) is 115 Å². The number of fused-ring (bicyclic) bond motifs is 13. The number of benzene rings is 10. The monoisotopic (exact) mass is 713 g/mol. The number of rotatable bonds is 3. The number of aromatic nitrogens is 1. The highest BCUT2D eigenvalue weighted by atomic mass is 16.3. The number of hydrogen-bond acceptors (Lipinski definition) is 1. The molecular weight excluding hydrogens is 679 g/mol. The zero-order valence-electron chi connectivity index (χ0n) is 31.1. The van der Waals surface area contributed by atoms with Crippen LogP contribution in [0.15, 0.2) is 180 Å². The first-order chi connectivity index (χ1) is 27.5. The zero-order chi connectivity index (χ0) is 37.1. The van der Waals surface area contributed by atoms with E-state index in [0.29, 0.717) is 0 Å². The molecule has 2 nitrogen and oxygen atoms in total. The van der Waals surface area contributed by atoms with Crippen LogP contribution in [0, 0.1) is 13.8 Å². The Morgan fingerprint density at radius 3 is 1.55 bits per heavy atom. The van der Waals surface area contributed by atoms with Crippen LogP contribution in [0.4, 0.5) is 0 Å². The van der Waals surface area contributed by atoms with Gasteiger partial charge in [0.25, 0.3) is 0 Å². The van der Waals surface area contributed by atoms with Gasteiger partial charge in [0.05, 0.1) is 11.0 Å². The minimum absolute atomic E-state index is 0.903. The van der Waals surface area contributed by atoms with Gasteiger partial charge < -0.3 is 8.98 Å². The fourth-order valence-corrected chi connectivity index (χ4v) is 9.46. The first-order valence-corrected chi connectivity index (χ1v) is 19.4. The van der Waals surface area contributed by atoms with E-state index in [9.17, 15) is 0 Å². The lowest BCUT2D eigenvalue weighted by Gasteiger charge is -2.14. The summed E-state index contributed by atoms with van der Waals surface area (Å²) in [5.74, 6) is 0. The van der Waals surface area contributed by atoms with Gasteiger partial charge in [-0.1, -0.05) is 109 Å². The number of furan rings is 1. The Bertz CT molecular complexity index is 3600. The van der Waals surface area contributed by atoms with E-state index < -0.39 is 0 Å². The van der Waals surface area contributed by atoms with Crippen molar-refractivity contribution in [3.63, 3.8) is 0 Å². The van der Waals surface area contributed by atoms with Crippen molar-refractivity contribution in [1.29, 1.82) is 0 Å². The Labute approximate surface area is 323 Å². The normalized spacial score (nSPS) is 12.1. The molecular formula is C54H35NO. The Balaban J connectivity index is 1.06. The van der Waals surface area contributed by atoms with Crippen LogP contribution in [0.3, 0.4) is 0 Å². The predicted molar refractivity (Wildman–Crippen MR) is 238 cm³/mol. The molecule has 2 aromatic heterocycles. The van der Waals surface area contributed by atoms with Crippen molar-refractivity contribution >= 4 is 86.8 Å². The molecule has 0 fully saturated rings. The molecule has 0 bridgehead atoms. The fourth-order valence-electron chi connectivity index (χ4n) is 9.46. The summed E-state index contributed by atoms with van der Waals surface area (Å²) in [4.78, 5) is 0. The molecule has 0 atom stereocenters. The Morgan fingerprint density at radius 1 is 0.321 bits per heavy atom. The molecule has 0 amide bonds. The molecule has 2 heterocycles. The topological polar surface area (TPSA) is 18.1 Å². The lowest BCUT2D eigenvalue weighted by molar-refractivity contribution is 0.669. The van der Waals surface area contributed by atoms with Crippen LogP contribution >= 0.6 is 0 Å². The second-order valence-electron chi connectivity index (χ2n) is 15.5. The van der Waals surface area contributed by atoms with Gasteiger partial charge in [0.1, 0.15) is 11.2 Å². The summed E-state index contributed by atoms with van der Waals surface area (Å²) in [6, 6.07) is 64.9. The van der Waals surface area contributed by atoms with Crippen LogP contribution in [0.2, 0.25) is 0 Å². The minimum Gasteiger partial charge on any atom is -0.456 e. The minimum atomic E-state index is 0.903. The Hall–Kier alpha value is -7.16. The third-order valence-corrected chi connectivity index (χ3v) is 12.0. The molecule has 0 aliphatic heterocycles. The van der Waals surface area contributed by atoms with Gasteiger partial charge in [0.15, 0.2) is 0 Å². The van der Waals surface area contributed by atoms with E-state index in [1.54, 1.807) is 0 Å². The molecule has 0 aliphatic carbocycles. The molecule has 0 spiro atoms. The van der Waals surface area contributed by atoms with E-state index in [1.165, 1.54) is 104 Å². The van der Waals surface area contributed by atoms with E-state index in [1.807, 2.05) is 0 Å². The van der Waals surface area contributed by atoms with Crippen molar-refractivity contribution in [3.05, 3.63) is 187 Å². The van der Waals surface area contributed by atoms with Gasteiger partial charge in [0, 0.05) is 27.2 Å². The lowest BCUT2D eigenvalue weighted by atomic mass is 9.91. The molecule has 56 heavy (non-hydrogen) atoms. The van der Waals surface area contributed by atoms with Gasteiger partial charge in [-0.15, -0.1) is 0 Å². The van der Waals surface area contributed by atoms with Crippen LogP contribution in [-0.4, -0.2) is 4.57 Å². The van der Waals surface area contributed by atoms with Gasteiger partial charge in [-0.25, -0.2) is 0 Å². The van der Waals surface area contributed by atoms with E-state index in [0.717, 1.165) is 21.9 Å². The molecule has 2 heteroatoms. The second kappa shape index (κ2) is 11.7. The Morgan fingerprint density at radius 2 is 0.839 bits per heavy atom. The summed E-state index contributed by atoms with van der Waals surface area (Å²) < 4.78 is 8.84. The van der Waals surface area contributed by atoms with E-state index in [4.69, 9.17) is 4.42 Å². The van der Waals surface area contributed by atoms with Crippen LogP contribution in [0.1, 0.15) is 11.1 Å². The summed E-state index contributed by atoms with van der Waals surface area (Å²) in [5.41, 5.74) is 12.7. The summed E-state index contributed by atoms with van der Waals surface area (Å²) in [5, 5.41) is 14.9. The highest BCUT2D eigenvalue weighted by Gasteiger charge is 2.18. The van der Waals surface area contributed by atoms with Crippen LogP contribution in [-0.2, 0) is 0 Å². The van der Waals surface area contributed by atoms with Crippen molar-refractivity contribution < 1.29 is 4.42 Å². The molecule has 0 aliphatic rings. The highest BCUT2D eigenvalue weighted by Crippen LogP contribution is 2.43. The maximum atomic E-state index is 6.39. The quantitative estimate of drug-likeness (QED) is 0.167.